The molecule has 2 fully saturated rings. The van der Waals surface area contributed by atoms with Crippen LogP contribution in [0.25, 0.3) is 0 Å². The molecule has 0 aromatic carbocycles. The molecule has 1 N–H and O–H groups in total. The van der Waals surface area contributed by atoms with Crippen molar-refractivity contribution in [1.82, 2.24) is 13.9 Å². The van der Waals surface area contributed by atoms with Gasteiger partial charge in [0.1, 0.15) is 0 Å². The van der Waals surface area contributed by atoms with Gasteiger partial charge in [0.25, 0.3) is 10.2 Å². The van der Waals surface area contributed by atoms with Crippen molar-refractivity contribution in [3.8, 4) is 0 Å². The lowest BCUT2D eigenvalue weighted by Crippen LogP contribution is -2.47. The minimum absolute atomic E-state index is 0.416. The highest BCUT2D eigenvalue weighted by atomic mass is 32.2. The predicted octanol–water partition coefficient (Wildman–Crippen LogP) is 0.664. The average Bonchev–Trinajstić information content (AvgIpc) is 3.30. The van der Waals surface area contributed by atoms with Crippen LogP contribution in [0.1, 0.15) is 32.6 Å². The maximum Gasteiger partial charge on any atom is 0.281 e. The van der Waals surface area contributed by atoms with Crippen molar-refractivity contribution in [2.24, 2.45) is 5.92 Å². The molecule has 2 rings (SSSR count). The number of piperidine rings is 1. The molecule has 0 bridgehead atoms. The molecule has 124 valence electrons. The molecule has 0 aromatic rings. The Balaban J connectivity index is 1.73. The second kappa shape index (κ2) is 7.87. The van der Waals surface area contributed by atoms with Crippen LogP contribution in [-0.2, 0) is 14.9 Å². The molecule has 2 aliphatic rings. The zero-order valence-electron chi connectivity index (χ0n) is 13.3. The normalized spacial score (nSPS) is 22.0. The topological polar surface area (TPSA) is 61.9 Å². The molecule has 1 aliphatic carbocycles. The lowest BCUT2D eigenvalue weighted by atomic mass is 9.98. The summed E-state index contributed by atoms with van der Waals surface area (Å²) >= 11 is 0. The fraction of sp³-hybridized carbons (Fsp3) is 1.00. The number of likely N-dealkylation sites (N-methyl/N-ethyl adjacent to an activating group) is 1. The van der Waals surface area contributed by atoms with Crippen LogP contribution in [0, 0.1) is 5.92 Å². The first kappa shape index (κ1) is 17.1. The van der Waals surface area contributed by atoms with Gasteiger partial charge in [-0.2, -0.15) is 17.0 Å². The summed E-state index contributed by atoms with van der Waals surface area (Å²) in [6, 6.07) is 0.733. The van der Waals surface area contributed by atoms with Gasteiger partial charge in [0.2, 0.25) is 0 Å². The Morgan fingerprint density at radius 3 is 2.48 bits per heavy atom. The fourth-order valence-electron chi connectivity index (χ4n) is 2.61. The van der Waals surface area contributed by atoms with Gasteiger partial charge in [-0.15, -0.1) is 0 Å². The molecule has 1 saturated carbocycles. The third-order valence-corrected chi connectivity index (χ3v) is 6.31. The lowest BCUT2D eigenvalue weighted by molar-refractivity contribution is 0.136. The third kappa shape index (κ3) is 5.17. The fourth-order valence-corrected chi connectivity index (χ4v) is 3.99. The van der Waals surface area contributed by atoms with E-state index in [9.17, 15) is 8.42 Å². The van der Waals surface area contributed by atoms with Crippen LogP contribution in [0.15, 0.2) is 0 Å². The molecule has 0 radical (unpaired) electrons. The van der Waals surface area contributed by atoms with Crippen LogP contribution in [0.5, 0.6) is 0 Å². The molecule has 0 amide bonds. The maximum absolute atomic E-state index is 12.4. The Hall–Kier alpha value is -0.210. The van der Waals surface area contributed by atoms with Gasteiger partial charge in [-0.3, -0.25) is 0 Å². The number of nitrogens with zero attached hydrogens (tertiary/aromatic N) is 2. The zero-order chi connectivity index (χ0) is 15.3. The largest absolute Gasteiger partial charge is 0.380 e. The van der Waals surface area contributed by atoms with Crippen LogP contribution in [0.4, 0.5) is 0 Å². The molecule has 6 nitrogen and oxygen atoms in total. The Bertz CT molecular complexity index is 404. The van der Waals surface area contributed by atoms with E-state index in [1.54, 1.807) is 11.4 Å². The van der Waals surface area contributed by atoms with E-state index < -0.39 is 10.2 Å². The van der Waals surface area contributed by atoms with Gasteiger partial charge in [-0.25, -0.2) is 0 Å². The first-order valence-electron chi connectivity index (χ1n) is 8.06. The van der Waals surface area contributed by atoms with Crippen molar-refractivity contribution in [3.63, 3.8) is 0 Å². The Labute approximate surface area is 129 Å². The highest BCUT2D eigenvalue weighted by Crippen LogP contribution is 2.23. The summed E-state index contributed by atoms with van der Waals surface area (Å²) in [5.41, 5.74) is 0. The van der Waals surface area contributed by atoms with E-state index in [0.717, 1.165) is 25.4 Å². The monoisotopic (exact) mass is 319 g/mol. The van der Waals surface area contributed by atoms with Crippen molar-refractivity contribution in [1.29, 1.82) is 0 Å². The predicted molar refractivity (Wildman–Crippen MR) is 83.4 cm³/mol. The van der Waals surface area contributed by atoms with Crippen LogP contribution >= 0.6 is 0 Å². The highest BCUT2D eigenvalue weighted by molar-refractivity contribution is 7.86. The molecule has 7 heteroatoms. The Kier molecular flexibility index (Phi) is 6.43. The van der Waals surface area contributed by atoms with E-state index in [-0.39, 0.29) is 0 Å². The molecular formula is C14H29N3O3S. The minimum atomic E-state index is -3.32. The summed E-state index contributed by atoms with van der Waals surface area (Å²) < 4.78 is 33.1. The molecule has 0 unspecified atom stereocenters. The van der Waals surface area contributed by atoms with E-state index >= 15 is 0 Å². The summed E-state index contributed by atoms with van der Waals surface area (Å²) in [6.45, 7) is 5.71. The van der Waals surface area contributed by atoms with Crippen molar-refractivity contribution in [2.45, 2.75) is 38.6 Å². The van der Waals surface area contributed by atoms with E-state index in [1.165, 1.54) is 17.1 Å². The quantitative estimate of drug-likeness (QED) is 0.634. The van der Waals surface area contributed by atoms with Crippen molar-refractivity contribution >= 4 is 10.2 Å². The van der Waals surface area contributed by atoms with Crippen molar-refractivity contribution in [2.75, 3.05) is 46.4 Å². The van der Waals surface area contributed by atoms with Gasteiger partial charge in [-0.05, 0) is 45.1 Å². The molecule has 0 spiro atoms. The van der Waals surface area contributed by atoms with Crippen LogP contribution in [0.2, 0.25) is 0 Å². The Morgan fingerprint density at radius 2 is 1.90 bits per heavy atom. The number of rotatable bonds is 9. The van der Waals surface area contributed by atoms with Crippen molar-refractivity contribution in [3.05, 3.63) is 0 Å². The van der Waals surface area contributed by atoms with Gasteiger partial charge in [0.15, 0.2) is 0 Å². The summed E-state index contributed by atoms with van der Waals surface area (Å²) in [5.74, 6) is 0.616. The first-order chi connectivity index (χ1) is 10.0. The van der Waals surface area contributed by atoms with Crippen molar-refractivity contribution < 1.29 is 13.2 Å². The SMILES string of the molecule is CCOCCN(C)S(=O)(=O)N1CCC(CNC2CC2)CC1. The number of nitrogens with one attached hydrogen (secondary N) is 1. The zero-order valence-corrected chi connectivity index (χ0v) is 14.1. The van der Waals surface area contributed by atoms with Crippen LogP contribution < -0.4 is 5.32 Å². The maximum atomic E-state index is 12.4. The van der Waals surface area contributed by atoms with Crippen LogP contribution in [0.3, 0.4) is 0 Å². The molecule has 1 saturated heterocycles. The van der Waals surface area contributed by atoms with E-state index in [2.05, 4.69) is 5.32 Å². The summed E-state index contributed by atoms with van der Waals surface area (Å²) in [6.07, 6.45) is 4.52. The highest BCUT2D eigenvalue weighted by Gasteiger charge is 2.31. The third-order valence-electron chi connectivity index (χ3n) is 4.32. The molecule has 1 heterocycles. The van der Waals surface area contributed by atoms with Crippen LogP contribution in [-0.4, -0.2) is 69.5 Å². The number of hydrogen-bond acceptors (Lipinski definition) is 4. The van der Waals surface area contributed by atoms with E-state index in [4.69, 9.17) is 4.74 Å². The summed E-state index contributed by atoms with van der Waals surface area (Å²) in [7, 11) is -1.68. The standard InChI is InChI=1S/C14H29N3O3S/c1-3-20-11-10-16(2)21(18,19)17-8-6-13(7-9-17)12-15-14-4-5-14/h13-15H,3-12H2,1-2H3. The number of ether oxygens (including phenoxy) is 1. The summed E-state index contributed by atoms with van der Waals surface area (Å²) in [4.78, 5) is 0. The van der Waals surface area contributed by atoms with Gasteiger partial charge in [0.05, 0.1) is 6.61 Å². The van der Waals surface area contributed by atoms with Gasteiger partial charge < -0.3 is 10.1 Å². The van der Waals surface area contributed by atoms with E-state index in [0.29, 0.717) is 38.8 Å². The minimum Gasteiger partial charge on any atom is -0.380 e. The molecule has 1 aliphatic heterocycles. The van der Waals surface area contributed by atoms with E-state index in [1.807, 2.05) is 6.92 Å². The molecular weight excluding hydrogens is 290 g/mol. The summed E-state index contributed by atoms with van der Waals surface area (Å²) in [5, 5.41) is 3.54. The van der Waals surface area contributed by atoms with Gasteiger partial charge >= 0.3 is 0 Å². The molecule has 21 heavy (non-hydrogen) atoms. The van der Waals surface area contributed by atoms with Gasteiger partial charge in [0, 0.05) is 39.3 Å². The Morgan fingerprint density at radius 1 is 1.24 bits per heavy atom. The smallest absolute Gasteiger partial charge is 0.281 e. The lowest BCUT2D eigenvalue weighted by Gasteiger charge is -2.33. The molecule has 0 atom stereocenters. The first-order valence-corrected chi connectivity index (χ1v) is 9.46. The second-order valence-corrected chi connectivity index (χ2v) is 8.09. The molecule has 0 aromatic heterocycles. The second-order valence-electron chi connectivity index (χ2n) is 6.05. The number of hydrogen-bond donors (Lipinski definition) is 1. The average molecular weight is 319 g/mol. The van der Waals surface area contributed by atoms with Gasteiger partial charge in [-0.1, -0.05) is 0 Å².